The number of aromatic hydroxyl groups is 1. The molecular formula is C25H25N7O5. The van der Waals surface area contributed by atoms with Crippen LogP contribution in [0.3, 0.4) is 0 Å². The molecule has 1 amide bonds. The van der Waals surface area contributed by atoms with Crippen molar-refractivity contribution in [3.05, 3.63) is 87.7 Å². The molecule has 0 radical (unpaired) electrons. The monoisotopic (exact) mass is 503 g/mol. The molecule has 0 aliphatic carbocycles. The summed E-state index contributed by atoms with van der Waals surface area (Å²) < 4.78 is 12.8. The molecule has 2 atom stereocenters. The number of hydrogen-bond acceptors (Lipinski definition) is 9. The Morgan fingerprint density at radius 1 is 1.32 bits per heavy atom. The van der Waals surface area contributed by atoms with Crippen LogP contribution in [0.25, 0.3) is 0 Å². The molecule has 0 spiro atoms. The third kappa shape index (κ3) is 5.12. The first kappa shape index (κ1) is 25.3. The summed E-state index contributed by atoms with van der Waals surface area (Å²) >= 11 is 0. The highest BCUT2D eigenvalue weighted by atomic mass is 16.5. The summed E-state index contributed by atoms with van der Waals surface area (Å²) in [6, 6.07) is 9.38. The number of rotatable bonds is 9. The van der Waals surface area contributed by atoms with Crippen LogP contribution in [-0.4, -0.2) is 49.2 Å². The lowest BCUT2D eigenvalue weighted by Crippen LogP contribution is -2.29. The van der Waals surface area contributed by atoms with Gasteiger partial charge in [-0.05, 0) is 17.2 Å². The van der Waals surface area contributed by atoms with Crippen molar-refractivity contribution in [3.63, 3.8) is 0 Å². The van der Waals surface area contributed by atoms with Crippen molar-refractivity contribution >= 4 is 11.6 Å². The molecule has 4 rings (SSSR count). The number of ether oxygens (including phenoxy) is 1. The Morgan fingerprint density at radius 3 is 2.81 bits per heavy atom. The van der Waals surface area contributed by atoms with Crippen molar-refractivity contribution in [2.24, 2.45) is 7.05 Å². The predicted molar refractivity (Wildman–Crippen MR) is 131 cm³/mol. The SMILES string of the molecule is COCCn1cc([C@@H](c2ccccc2C#N)[C@@H](C)c2nc(C(=O)Nc3cnoc3)c(O)c(=O)n2C)cn1. The molecule has 0 unspecified atom stereocenters. The van der Waals surface area contributed by atoms with E-state index in [0.29, 0.717) is 24.3 Å². The number of anilines is 1. The molecule has 0 saturated heterocycles. The first-order valence-electron chi connectivity index (χ1n) is 11.4. The highest BCUT2D eigenvalue weighted by molar-refractivity contribution is 6.04. The number of benzene rings is 1. The summed E-state index contributed by atoms with van der Waals surface area (Å²) in [6.45, 7) is 2.83. The van der Waals surface area contributed by atoms with E-state index < -0.39 is 34.7 Å². The zero-order chi connectivity index (χ0) is 26.5. The maximum atomic E-state index is 12.9. The van der Waals surface area contributed by atoms with Gasteiger partial charge in [-0.25, -0.2) is 4.98 Å². The molecule has 3 aromatic heterocycles. The number of aromatic nitrogens is 5. The van der Waals surface area contributed by atoms with Gasteiger partial charge in [0.05, 0.1) is 37.2 Å². The quantitative estimate of drug-likeness (QED) is 0.349. The molecule has 0 saturated carbocycles. The minimum Gasteiger partial charge on any atom is -0.501 e. The number of amides is 1. The molecular weight excluding hydrogens is 478 g/mol. The van der Waals surface area contributed by atoms with E-state index in [-0.39, 0.29) is 11.5 Å². The molecule has 3 heterocycles. The second-order valence-electron chi connectivity index (χ2n) is 8.39. The zero-order valence-corrected chi connectivity index (χ0v) is 20.5. The summed E-state index contributed by atoms with van der Waals surface area (Å²) in [5.74, 6) is -2.32. The van der Waals surface area contributed by atoms with E-state index in [0.717, 1.165) is 5.56 Å². The van der Waals surface area contributed by atoms with E-state index >= 15 is 0 Å². The molecule has 0 aliphatic heterocycles. The Hall–Kier alpha value is -4.76. The third-order valence-electron chi connectivity index (χ3n) is 6.07. The number of nitriles is 1. The summed E-state index contributed by atoms with van der Waals surface area (Å²) in [6.07, 6.45) is 6.03. The fourth-order valence-electron chi connectivity index (χ4n) is 4.23. The second kappa shape index (κ2) is 10.9. The Labute approximate surface area is 211 Å². The van der Waals surface area contributed by atoms with Crippen LogP contribution in [0.2, 0.25) is 0 Å². The number of carbonyl (C=O) groups is 1. The normalized spacial score (nSPS) is 12.6. The van der Waals surface area contributed by atoms with Gasteiger partial charge in [0.2, 0.25) is 5.75 Å². The lowest BCUT2D eigenvalue weighted by molar-refractivity contribution is 0.101. The molecule has 0 aliphatic rings. The van der Waals surface area contributed by atoms with E-state index in [2.05, 4.69) is 26.6 Å². The fourth-order valence-corrected chi connectivity index (χ4v) is 4.23. The molecule has 2 N–H and O–H groups in total. The van der Waals surface area contributed by atoms with Crippen molar-refractivity contribution in [1.82, 2.24) is 24.5 Å². The number of methoxy groups -OCH3 is 1. The van der Waals surface area contributed by atoms with E-state index in [1.54, 1.807) is 30.1 Å². The van der Waals surface area contributed by atoms with Crippen LogP contribution in [0.1, 0.15) is 51.8 Å². The van der Waals surface area contributed by atoms with Gasteiger partial charge in [-0.1, -0.05) is 30.3 Å². The van der Waals surface area contributed by atoms with Gasteiger partial charge in [-0.3, -0.25) is 18.8 Å². The smallest absolute Gasteiger partial charge is 0.296 e. The maximum absolute atomic E-state index is 12.9. The molecule has 12 heteroatoms. The van der Waals surface area contributed by atoms with E-state index in [9.17, 15) is 20.0 Å². The summed E-state index contributed by atoms with van der Waals surface area (Å²) in [5, 5.41) is 30.7. The maximum Gasteiger partial charge on any atom is 0.296 e. The minimum absolute atomic E-state index is 0.237. The predicted octanol–water partition coefficient (Wildman–Crippen LogP) is 2.38. The lowest BCUT2D eigenvalue weighted by Gasteiger charge is -2.26. The van der Waals surface area contributed by atoms with Gasteiger partial charge < -0.3 is 19.7 Å². The number of hydrogen-bond donors (Lipinski definition) is 2. The van der Waals surface area contributed by atoms with Crippen LogP contribution in [-0.2, 0) is 18.3 Å². The van der Waals surface area contributed by atoms with Crippen LogP contribution >= 0.6 is 0 Å². The average Bonchev–Trinajstić information content (AvgIpc) is 3.59. The second-order valence-corrected chi connectivity index (χ2v) is 8.39. The first-order valence-corrected chi connectivity index (χ1v) is 11.4. The highest BCUT2D eigenvalue weighted by Crippen LogP contribution is 2.39. The van der Waals surface area contributed by atoms with E-state index in [1.165, 1.54) is 24.1 Å². The Bertz CT molecular complexity index is 1500. The standard InChI is InChI=1S/C25H25N7O5/c1-15(23-30-21(22(33)25(35)31(23)2)24(34)29-18-12-28-37-14-18)20(19-7-5-4-6-16(19)10-26)17-11-27-32(13-17)8-9-36-3/h4-7,11-15,20,33H,8-9H2,1-3H3,(H,29,34)/t15-,20+/m1/s1. The van der Waals surface area contributed by atoms with Crippen molar-refractivity contribution < 1.29 is 19.2 Å². The fraction of sp³-hybridized carbons (Fsp3) is 0.280. The van der Waals surface area contributed by atoms with Crippen molar-refractivity contribution in [2.45, 2.75) is 25.3 Å². The van der Waals surface area contributed by atoms with Crippen LogP contribution in [0, 0.1) is 11.3 Å². The highest BCUT2D eigenvalue weighted by Gasteiger charge is 2.31. The Kier molecular flexibility index (Phi) is 7.45. The number of nitrogens with zero attached hydrogens (tertiary/aromatic N) is 6. The molecule has 0 fully saturated rings. The van der Waals surface area contributed by atoms with E-state index in [1.807, 2.05) is 25.3 Å². The van der Waals surface area contributed by atoms with Crippen LogP contribution < -0.4 is 10.9 Å². The van der Waals surface area contributed by atoms with Gasteiger partial charge in [0.1, 0.15) is 17.8 Å². The molecule has 12 nitrogen and oxygen atoms in total. The van der Waals surface area contributed by atoms with Crippen LogP contribution in [0.15, 0.2) is 58.4 Å². The van der Waals surface area contributed by atoms with E-state index in [4.69, 9.17) is 9.26 Å². The molecule has 4 aromatic rings. The summed E-state index contributed by atoms with van der Waals surface area (Å²) in [4.78, 5) is 30.2. The van der Waals surface area contributed by atoms with Crippen molar-refractivity contribution in [2.75, 3.05) is 19.0 Å². The van der Waals surface area contributed by atoms with Crippen LogP contribution in [0.5, 0.6) is 5.75 Å². The Balaban J connectivity index is 1.83. The lowest BCUT2D eigenvalue weighted by atomic mass is 9.80. The van der Waals surface area contributed by atoms with Gasteiger partial charge >= 0.3 is 0 Å². The van der Waals surface area contributed by atoms with Gasteiger partial charge in [-0.15, -0.1) is 0 Å². The summed E-state index contributed by atoms with van der Waals surface area (Å²) in [5.41, 5.74) is 0.972. The van der Waals surface area contributed by atoms with Gasteiger partial charge in [0, 0.05) is 32.2 Å². The molecule has 0 bridgehead atoms. The molecule has 37 heavy (non-hydrogen) atoms. The topological polar surface area (TPSA) is 161 Å². The molecule has 190 valence electrons. The van der Waals surface area contributed by atoms with Crippen LogP contribution in [0.4, 0.5) is 5.69 Å². The van der Waals surface area contributed by atoms with Gasteiger partial charge in [0.25, 0.3) is 11.5 Å². The average molecular weight is 504 g/mol. The Morgan fingerprint density at radius 2 is 2.11 bits per heavy atom. The van der Waals surface area contributed by atoms with Crippen molar-refractivity contribution in [1.29, 1.82) is 5.26 Å². The zero-order valence-electron chi connectivity index (χ0n) is 20.5. The van der Waals surface area contributed by atoms with Gasteiger partial charge in [-0.2, -0.15) is 10.4 Å². The largest absolute Gasteiger partial charge is 0.501 e. The van der Waals surface area contributed by atoms with Crippen molar-refractivity contribution in [3.8, 4) is 11.8 Å². The number of nitrogens with one attached hydrogen (secondary N) is 1. The molecule has 1 aromatic carbocycles. The number of carbonyl (C=O) groups excluding carboxylic acids is 1. The minimum atomic E-state index is -0.798. The first-order chi connectivity index (χ1) is 17.8. The summed E-state index contributed by atoms with van der Waals surface area (Å²) in [7, 11) is 3.07. The van der Waals surface area contributed by atoms with Gasteiger partial charge in [0.15, 0.2) is 5.69 Å². The third-order valence-corrected chi connectivity index (χ3v) is 6.07.